The lowest BCUT2D eigenvalue weighted by Gasteiger charge is -2.34. The van der Waals surface area contributed by atoms with Crippen molar-refractivity contribution in [3.63, 3.8) is 0 Å². The molecule has 0 amide bonds. The molecule has 3 aliphatic rings. The fourth-order valence-corrected chi connectivity index (χ4v) is 13.3. The van der Waals surface area contributed by atoms with E-state index in [0.29, 0.717) is 0 Å². The van der Waals surface area contributed by atoms with Gasteiger partial charge >= 0.3 is 0 Å². The van der Waals surface area contributed by atoms with E-state index in [-0.39, 0.29) is 0 Å². The van der Waals surface area contributed by atoms with E-state index in [4.69, 9.17) is 0 Å². The van der Waals surface area contributed by atoms with Gasteiger partial charge in [0.1, 0.15) is 0 Å². The molecule has 10 aromatic carbocycles. The molecular weight excluding hydrogens is 799 g/mol. The topological polar surface area (TPSA) is 3.24 Å². The monoisotopic (exact) mass is 837 g/mol. The summed E-state index contributed by atoms with van der Waals surface area (Å²) in [4.78, 5) is 7.72. The molecule has 2 aliphatic carbocycles. The predicted molar refractivity (Wildman–Crippen MR) is 264 cm³/mol. The summed E-state index contributed by atoms with van der Waals surface area (Å²) in [5.74, 6) is 0. The predicted octanol–water partition coefficient (Wildman–Crippen LogP) is 16.5. The Balaban J connectivity index is 0.927. The standard InChI is InChI=1S/C60H39NS2/c1-3-18-43(19-4-1)60(44-20-5-2-6-21-44)52-26-12-11-24-51(52)57-53(60)35-36-56-59(57)63-58-50(25-14-28-55(58)62-56)40-29-31-45(32-30-40)61(54-27-13-17-39-15-7-10-23-49(39)54)46-33-34-48-42(38-46)37-41-16-8-9-22-47(41)48/h1-36,38H,37H2. The highest BCUT2D eigenvalue weighted by Gasteiger charge is 2.47. The fraction of sp³-hybridized carbons (Fsp3) is 0.0333. The first kappa shape index (κ1) is 36.6. The molecule has 0 radical (unpaired) electrons. The zero-order valence-corrected chi connectivity index (χ0v) is 36.0. The van der Waals surface area contributed by atoms with E-state index in [2.05, 4.69) is 229 Å². The molecule has 0 N–H and O–H groups in total. The van der Waals surface area contributed by atoms with Crippen LogP contribution in [0.4, 0.5) is 17.1 Å². The van der Waals surface area contributed by atoms with Gasteiger partial charge in [-0.05, 0) is 115 Å². The van der Waals surface area contributed by atoms with Crippen LogP contribution in [0.5, 0.6) is 0 Å². The van der Waals surface area contributed by atoms with E-state index in [9.17, 15) is 0 Å². The first-order valence-corrected chi connectivity index (χ1v) is 23.3. The van der Waals surface area contributed by atoms with Crippen LogP contribution in [0.1, 0.15) is 33.4 Å². The summed E-state index contributed by atoms with van der Waals surface area (Å²) < 4.78 is 0. The summed E-state index contributed by atoms with van der Waals surface area (Å²) in [5.41, 5.74) is 18.9. The van der Waals surface area contributed by atoms with Gasteiger partial charge in [0.25, 0.3) is 0 Å². The first-order chi connectivity index (χ1) is 31.2. The molecular formula is C60H39NS2. The van der Waals surface area contributed by atoms with E-state index in [1.807, 2.05) is 23.5 Å². The molecule has 0 atom stereocenters. The van der Waals surface area contributed by atoms with Crippen LogP contribution in [0, 0.1) is 0 Å². The number of anilines is 3. The Kier molecular flexibility index (Phi) is 8.44. The minimum Gasteiger partial charge on any atom is -0.310 e. The Morgan fingerprint density at radius 3 is 1.86 bits per heavy atom. The maximum atomic E-state index is 2.45. The van der Waals surface area contributed by atoms with Crippen LogP contribution >= 0.6 is 23.5 Å². The van der Waals surface area contributed by atoms with Gasteiger partial charge in [-0.2, -0.15) is 0 Å². The lowest BCUT2D eigenvalue weighted by molar-refractivity contribution is 0.766. The van der Waals surface area contributed by atoms with E-state index in [1.165, 1.54) is 108 Å². The normalized spacial score (nSPS) is 13.7. The zero-order valence-electron chi connectivity index (χ0n) is 34.3. The average Bonchev–Trinajstić information content (AvgIpc) is 3.88. The van der Waals surface area contributed by atoms with Crippen molar-refractivity contribution in [2.75, 3.05) is 4.90 Å². The Hall–Kier alpha value is -7.04. The van der Waals surface area contributed by atoms with Crippen LogP contribution in [0.3, 0.4) is 0 Å². The number of hydrogen-bond acceptors (Lipinski definition) is 3. The minimum absolute atomic E-state index is 0.427. The molecule has 1 nitrogen and oxygen atoms in total. The lowest BCUT2D eigenvalue weighted by atomic mass is 9.68. The van der Waals surface area contributed by atoms with Crippen LogP contribution in [0.2, 0.25) is 0 Å². The largest absolute Gasteiger partial charge is 0.310 e. The highest BCUT2D eigenvalue weighted by atomic mass is 32.2. The number of hydrogen-bond donors (Lipinski definition) is 0. The molecule has 296 valence electrons. The van der Waals surface area contributed by atoms with E-state index in [1.54, 1.807) is 0 Å². The summed E-state index contributed by atoms with van der Waals surface area (Å²) in [6, 6.07) is 83.5. The van der Waals surface area contributed by atoms with Gasteiger partial charge < -0.3 is 4.90 Å². The van der Waals surface area contributed by atoms with Crippen molar-refractivity contribution in [2.45, 2.75) is 31.4 Å². The lowest BCUT2D eigenvalue weighted by Crippen LogP contribution is -2.28. The second kappa shape index (κ2) is 14.5. The Bertz CT molecular complexity index is 3380. The summed E-state index contributed by atoms with van der Waals surface area (Å²) in [7, 11) is 0. The molecule has 0 spiro atoms. The number of fused-ring (bicyclic) bond motifs is 10. The van der Waals surface area contributed by atoms with Gasteiger partial charge in [-0.25, -0.2) is 0 Å². The van der Waals surface area contributed by atoms with E-state index >= 15 is 0 Å². The molecule has 1 heterocycles. The van der Waals surface area contributed by atoms with Crippen molar-refractivity contribution < 1.29 is 0 Å². The number of rotatable bonds is 6. The van der Waals surface area contributed by atoms with Crippen LogP contribution in [0.15, 0.2) is 244 Å². The second-order valence-electron chi connectivity index (χ2n) is 16.7. The van der Waals surface area contributed by atoms with Crippen LogP contribution in [-0.4, -0.2) is 0 Å². The number of benzene rings is 10. The summed E-state index contributed by atoms with van der Waals surface area (Å²) in [5, 5.41) is 2.46. The third kappa shape index (κ3) is 5.60. The van der Waals surface area contributed by atoms with Crippen LogP contribution < -0.4 is 4.90 Å². The molecule has 0 unspecified atom stereocenters. The maximum absolute atomic E-state index is 2.45. The van der Waals surface area contributed by atoms with Gasteiger partial charge in [0.2, 0.25) is 0 Å². The Morgan fingerprint density at radius 1 is 0.397 bits per heavy atom. The van der Waals surface area contributed by atoms with Gasteiger partial charge in [0, 0.05) is 41.9 Å². The van der Waals surface area contributed by atoms with Crippen molar-refractivity contribution in [2.24, 2.45) is 0 Å². The van der Waals surface area contributed by atoms with E-state index < -0.39 is 5.41 Å². The summed E-state index contributed by atoms with van der Waals surface area (Å²) in [6.45, 7) is 0. The highest BCUT2D eigenvalue weighted by molar-refractivity contribution is 8.05. The summed E-state index contributed by atoms with van der Waals surface area (Å²) in [6.07, 6.45) is 0.952. The van der Waals surface area contributed by atoms with Gasteiger partial charge in [-0.3, -0.25) is 0 Å². The SMILES string of the molecule is c1ccc(C2(c3ccccc3)c3ccccc3-c3c2ccc2c3Sc3c(cccc3-c3ccc(N(c4ccc5c(c4)Cc4ccccc4-5)c4cccc5ccccc45)cc3)S2)cc1. The molecule has 0 bridgehead atoms. The molecule has 10 aromatic rings. The summed E-state index contributed by atoms with van der Waals surface area (Å²) >= 11 is 3.85. The third-order valence-corrected chi connectivity index (χ3v) is 16.1. The molecule has 3 heteroatoms. The van der Waals surface area contributed by atoms with E-state index in [0.717, 1.165) is 12.1 Å². The van der Waals surface area contributed by atoms with Gasteiger partial charge in [0.15, 0.2) is 0 Å². The zero-order chi connectivity index (χ0) is 41.5. The molecule has 0 saturated heterocycles. The fourth-order valence-electron chi connectivity index (χ4n) is 10.7. The molecule has 0 fully saturated rings. The maximum Gasteiger partial charge on any atom is 0.0713 e. The van der Waals surface area contributed by atoms with Crippen molar-refractivity contribution in [1.29, 1.82) is 0 Å². The van der Waals surface area contributed by atoms with Crippen molar-refractivity contribution in [3.8, 4) is 33.4 Å². The van der Waals surface area contributed by atoms with Crippen LogP contribution in [-0.2, 0) is 11.8 Å². The third-order valence-electron chi connectivity index (χ3n) is 13.4. The van der Waals surface area contributed by atoms with Crippen molar-refractivity contribution in [3.05, 3.63) is 258 Å². The molecule has 13 rings (SSSR count). The minimum atomic E-state index is -0.427. The Labute approximate surface area is 376 Å². The van der Waals surface area contributed by atoms with Crippen LogP contribution in [0.25, 0.3) is 44.2 Å². The van der Waals surface area contributed by atoms with Gasteiger partial charge in [-0.15, -0.1) is 0 Å². The van der Waals surface area contributed by atoms with Gasteiger partial charge in [0.05, 0.1) is 11.1 Å². The first-order valence-electron chi connectivity index (χ1n) is 21.7. The smallest absolute Gasteiger partial charge is 0.0713 e. The van der Waals surface area contributed by atoms with Crippen molar-refractivity contribution in [1.82, 2.24) is 0 Å². The second-order valence-corrected chi connectivity index (χ2v) is 18.8. The molecule has 0 aromatic heterocycles. The number of nitrogens with zero attached hydrogens (tertiary/aromatic N) is 1. The molecule has 1 aliphatic heterocycles. The Morgan fingerprint density at radius 2 is 1.03 bits per heavy atom. The van der Waals surface area contributed by atoms with Crippen molar-refractivity contribution >= 4 is 51.4 Å². The average molecular weight is 838 g/mol. The molecule has 63 heavy (non-hydrogen) atoms. The molecule has 0 saturated carbocycles. The quantitative estimate of drug-likeness (QED) is 0.164. The van der Waals surface area contributed by atoms with Gasteiger partial charge in [-0.1, -0.05) is 206 Å². The highest BCUT2D eigenvalue weighted by Crippen LogP contribution is 2.63.